The molecule has 0 fully saturated rings. The Morgan fingerprint density at radius 2 is 2.08 bits per heavy atom. The maximum Gasteiger partial charge on any atom is 0.307 e. The molecule has 0 saturated carbocycles. The second kappa shape index (κ2) is 7.31. The van der Waals surface area contributed by atoms with Gasteiger partial charge in [-0.2, -0.15) is 5.10 Å². The number of thioether (sulfide) groups is 1. The number of rotatable bonds is 7. The van der Waals surface area contributed by atoms with Crippen LogP contribution in [0.1, 0.15) is 5.56 Å². The highest BCUT2D eigenvalue weighted by molar-refractivity contribution is 7.98. The molecule has 8 nitrogen and oxygen atoms in total. The Kier molecular flexibility index (Phi) is 4.94. The zero-order valence-corrected chi connectivity index (χ0v) is 14.4. The van der Waals surface area contributed by atoms with Crippen molar-refractivity contribution in [3.8, 4) is 11.4 Å². The molecule has 0 amide bonds. The molecule has 3 rings (SSSR count). The standard InChI is InChI=1S/C16H16N6O2S/c1-3-8-21-15(13-6-4-12(2)5-7-13)18-19-16(21)25-11-20-10-14(9-17-20)22(23)24/h3-7,9-10H,1,8,11H2,2H3. The summed E-state index contributed by atoms with van der Waals surface area (Å²) < 4.78 is 3.46. The van der Waals surface area contributed by atoms with Crippen molar-refractivity contribution in [3.63, 3.8) is 0 Å². The zero-order chi connectivity index (χ0) is 17.8. The van der Waals surface area contributed by atoms with Gasteiger partial charge >= 0.3 is 5.69 Å². The number of aryl methyl sites for hydroxylation is 1. The Morgan fingerprint density at radius 1 is 1.32 bits per heavy atom. The molecule has 9 heteroatoms. The van der Waals surface area contributed by atoms with Gasteiger partial charge in [-0.05, 0) is 6.92 Å². The summed E-state index contributed by atoms with van der Waals surface area (Å²) in [7, 11) is 0. The predicted octanol–water partition coefficient (Wildman–Crippen LogP) is 3.29. The van der Waals surface area contributed by atoms with Gasteiger partial charge in [0.1, 0.15) is 12.4 Å². The normalized spacial score (nSPS) is 10.8. The topological polar surface area (TPSA) is 91.7 Å². The fourth-order valence-corrected chi connectivity index (χ4v) is 3.05. The molecule has 0 spiro atoms. The molecule has 0 saturated heterocycles. The highest BCUT2D eigenvalue weighted by Crippen LogP contribution is 2.25. The number of nitro groups is 1. The minimum absolute atomic E-state index is 0.0338. The van der Waals surface area contributed by atoms with Crippen LogP contribution < -0.4 is 0 Å². The SMILES string of the molecule is C=CCn1c(SCn2cc([N+](=O)[O-])cn2)nnc1-c1ccc(C)cc1. The molecule has 2 heterocycles. The molecule has 1 aromatic carbocycles. The lowest BCUT2D eigenvalue weighted by Gasteiger charge is -2.08. The van der Waals surface area contributed by atoms with Gasteiger partial charge in [0.25, 0.3) is 0 Å². The van der Waals surface area contributed by atoms with Crippen molar-refractivity contribution in [2.45, 2.75) is 24.5 Å². The van der Waals surface area contributed by atoms with Crippen LogP contribution in [-0.2, 0) is 12.4 Å². The quantitative estimate of drug-likeness (QED) is 0.279. The number of hydrogen-bond acceptors (Lipinski definition) is 6. The van der Waals surface area contributed by atoms with E-state index in [1.807, 2.05) is 35.8 Å². The Balaban J connectivity index is 1.82. The average molecular weight is 356 g/mol. The van der Waals surface area contributed by atoms with E-state index in [1.165, 1.54) is 34.4 Å². The minimum Gasteiger partial charge on any atom is -0.298 e. The third kappa shape index (κ3) is 3.77. The van der Waals surface area contributed by atoms with E-state index in [4.69, 9.17) is 0 Å². The molecule has 128 valence electrons. The summed E-state index contributed by atoms with van der Waals surface area (Å²) in [6.45, 7) is 6.39. The maximum atomic E-state index is 10.7. The smallest absolute Gasteiger partial charge is 0.298 e. The summed E-state index contributed by atoms with van der Waals surface area (Å²) in [6.07, 6.45) is 4.40. The lowest BCUT2D eigenvalue weighted by atomic mass is 10.1. The summed E-state index contributed by atoms with van der Waals surface area (Å²) in [4.78, 5) is 10.3. The van der Waals surface area contributed by atoms with Gasteiger partial charge in [-0.15, -0.1) is 16.8 Å². The lowest BCUT2D eigenvalue weighted by Crippen LogP contribution is -2.02. The molecule has 0 aliphatic carbocycles. The highest BCUT2D eigenvalue weighted by atomic mass is 32.2. The number of hydrogen-bond donors (Lipinski definition) is 0. The number of nitrogens with zero attached hydrogens (tertiary/aromatic N) is 6. The average Bonchev–Trinajstić information content (AvgIpc) is 3.21. The van der Waals surface area contributed by atoms with Gasteiger partial charge in [0.15, 0.2) is 11.0 Å². The van der Waals surface area contributed by atoms with E-state index >= 15 is 0 Å². The van der Waals surface area contributed by atoms with Crippen LogP contribution >= 0.6 is 11.8 Å². The van der Waals surface area contributed by atoms with Gasteiger partial charge in [0.2, 0.25) is 0 Å². The molecule has 0 bridgehead atoms. The Bertz CT molecular complexity index is 900. The van der Waals surface area contributed by atoms with Crippen LogP contribution in [-0.4, -0.2) is 29.5 Å². The van der Waals surface area contributed by atoms with Gasteiger partial charge < -0.3 is 0 Å². The Hall–Kier alpha value is -2.94. The summed E-state index contributed by atoms with van der Waals surface area (Å²) >= 11 is 1.40. The van der Waals surface area contributed by atoms with Crippen LogP contribution in [0.5, 0.6) is 0 Å². The maximum absolute atomic E-state index is 10.7. The van der Waals surface area contributed by atoms with Gasteiger partial charge in [0.05, 0.1) is 10.8 Å². The number of allylic oxidation sites excluding steroid dienone is 1. The summed E-state index contributed by atoms with van der Waals surface area (Å²) in [5.41, 5.74) is 2.11. The largest absolute Gasteiger partial charge is 0.307 e. The van der Waals surface area contributed by atoms with Crippen LogP contribution in [0.4, 0.5) is 5.69 Å². The van der Waals surface area contributed by atoms with Crippen molar-refractivity contribution in [1.82, 2.24) is 24.5 Å². The van der Waals surface area contributed by atoms with E-state index in [2.05, 4.69) is 21.9 Å². The third-order valence-corrected chi connectivity index (χ3v) is 4.45. The molecular weight excluding hydrogens is 340 g/mol. The fourth-order valence-electron chi connectivity index (χ4n) is 2.25. The first-order valence-corrected chi connectivity index (χ1v) is 8.48. The fraction of sp³-hybridized carbons (Fsp3) is 0.188. The van der Waals surface area contributed by atoms with E-state index in [1.54, 1.807) is 6.08 Å². The molecule has 25 heavy (non-hydrogen) atoms. The van der Waals surface area contributed by atoms with Crippen LogP contribution in [0.25, 0.3) is 11.4 Å². The van der Waals surface area contributed by atoms with Crippen molar-refractivity contribution in [2.75, 3.05) is 0 Å². The van der Waals surface area contributed by atoms with Crippen molar-refractivity contribution >= 4 is 17.4 Å². The van der Waals surface area contributed by atoms with Crippen LogP contribution in [0.3, 0.4) is 0 Å². The molecular formula is C16H16N6O2S. The summed E-state index contributed by atoms with van der Waals surface area (Å²) in [5, 5.41) is 23.9. The summed E-state index contributed by atoms with van der Waals surface area (Å²) in [5.74, 6) is 1.16. The monoisotopic (exact) mass is 356 g/mol. The molecule has 3 aromatic rings. The van der Waals surface area contributed by atoms with Crippen LogP contribution in [0.15, 0.2) is 54.5 Å². The highest BCUT2D eigenvalue weighted by Gasteiger charge is 2.15. The van der Waals surface area contributed by atoms with E-state index in [9.17, 15) is 10.1 Å². The molecule has 0 N–H and O–H groups in total. The van der Waals surface area contributed by atoms with Crippen molar-refractivity contribution in [3.05, 3.63) is 65.0 Å². The van der Waals surface area contributed by atoms with Crippen molar-refractivity contribution in [1.29, 1.82) is 0 Å². The van der Waals surface area contributed by atoms with Crippen LogP contribution in [0.2, 0.25) is 0 Å². The first-order chi connectivity index (χ1) is 12.1. The first kappa shape index (κ1) is 16.9. The summed E-state index contributed by atoms with van der Waals surface area (Å²) in [6, 6.07) is 8.06. The number of benzene rings is 1. The zero-order valence-electron chi connectivity index (χ0n) is 13.6. The van der Waals surface area contributed by atoms with Gasteiger partial charge in [0, 0.05) is 12.1 Å². The van der Waals surface area contributed by atoms with E-state index in [0.29, 0.717) is 17.6 Å². The van der Waals surface area contributed by atoms with E-state index in [-0.39, 0.29) is 5.69 Å². The number of aromatic nitrogens is 5. The first-order valence-electron chi connectivity index (χ1n) is 7.49. The van der Waals surface area contributed by atoms with E-state index < -0.39 is 4.92 Å². The lowest BCUT2D eigenvalue weighted by molar-refractivity contribution is -0.385. The Labute approximate surface area is 148 Å². The van der Waals surface area contributed by atoms with Crippen LogP contribution in [0, 0.1) is 17.0 Å². The van der Waals surface area contributed by atoms with Gasteiger partial charge in [-0.1, -0.05) is 47.7 Å². The second-order valence-corrected chi connectivity index (χ2v) is 6.25. The Morgan fingerprint density at radius 3 is 2.72 bits per heavy atom. The minimum atomic E-state index is -0.468. The van der Waals surface area contributed by atoms with Gasteiger partial charge in [-0.25, -0.2) is 0 Å². The van der Waals surface area contributed by atoms with E-state index in [0.717, 1.165) is 11.4 Å². The third-order valence-electron chi connectivity index (χ3n) is 3.49. The molecule has 0 atom stereocenters. The molecule has 0 unspecified atom stereocenters. The van der Waals surface area contributed by atoms with Gasteiger partial charge in [-0.3, -0.25) is 19.4 Å². The molecule has 0 radical (unpaired) electrons. The molecule has 0 aliphatic heterocycles. The molecule has 2 aromatic heterocycles. The van der Waals surface area contributed by atoms with Crippen molar-refractivity contribution in [2.24, 2.45) is 0 Å². The van der Waals surface area contributed by atoms with Crippen molar-refractivity contribution < 1.29 is 4.92 Å². The molecule has 0 aliphatic rings. The second-order valence-electron chi connectivity index (χ2n) is 5.34. The predicted molar refractivity (Wildman–Crippen MR) is 95.1 cm³/mol.